The third-order valence-electron chi connectivity index (χ3n) is 1.09. The van der Waals surface area contributed by atoms with Crippen molar-refractivity contribution in [3.8, 4) is 0 Å². The molecule has 5 heteroatoms. The number of aliphatic hydroxyl groups is 1. The van der Waals surface area contributed by atoms with E-state index in [2.05, 4.69) is 0 Å². The maximum absolute atomic E-state index is 10.7. The third kappa shape index (κ3) is 4.14. The van der Waals surface area contributed by atoms with Crippen LogP contribution in [-0.4, -0.2) is 43.6 Å². The summed E-state index contributed by atoms with van der Waals surface area (Å²) in [7, 11) is -2.04. The first kappa shape index (κ1) is 10.3. The SMILES string of the molecule is CS(=O)CC(CO)S(C)=O. The molecule has 0 radical (unpaired) electrons. The smallest absolute Gasteiger partial charge is 0.0691 e. The van der Waals surface area contributed by atoms with Crippen LogP contribution in [0.2, 0.25) is 0 Å². The molecule has 3 atom stereocenters. The summed E-state index contributed by atoms with van der Waals surface area (Å²) in [6.07, 6.45) is 3.04. The van der Waals surface area contributed by atoms with E-state index >= 15 is 0 Å². The van der Waals surface area contributed by atoms with Crippen LogP contribution in [0.3, 0.4) is 0 Å². The Balaban J connectivity index is 3.83. The minimum Gasteiger partial charge on any atom is -0.395 e. The molecule has 62 valence electrons. The highest BCUT2D eigenvalue weighted by Gasteiger charge is 2.12. The lowest BCUT2D eigenvalue weighted by molar-refractivity contribution is 0.299. The molecule has 0 aromatic heterocycles. The van der Waals surface area contributed by atoms with Gasteiger partial charge in [-0.25, -0.2) is 0 Å². The minimum absolute atomic E-state index is 0.150. The van der Waals surface area contributed by atoms with E-state index in [1.807, 2.05) is 0 Å². The van der Waals surface area contributed by atoms with Crippen LogP contribution in [0.15, 0.2) is 0 Å². The molecule has 0 heterocycles. The van der Waals surface area contributed by atoms with E-state index in [1.165, 1.54) is 12.5 Å². The third-order valence-corrected chi connectivity index (χ3v) is 3.43. The van der Waals surface area contributed by atoms with E-state index in [-0.39, 0.29) is 11.9 Å². The largest absolute Gasteiger partial charge is 0.395 e. The maximum Gasteiger partial charge on any atom is 0.0691 e. The lowest BCUT2D eigenvalue weighted by Gasteiger charge is -2.07. The zero-order valence-electron chi connectivity index (χ0n) is 6.07. The zero-order valence-corrected chi connectivity index (χ0v) is 7.70. The first-order valence-corrected chi connectivity index (χ1v) is 6.16. The Kier molecular flexibility index (Phi) is 5.11. The summed E-state index contributed by atoms with van der Waals surface area (Å²) < 4.78 is 21.3. The highest BCUT2D eigenvalue weighted by Crippen LogP contribution is 1.94. The predicted molar refractivity (Wildman–Crippen MR) is 43.9 cm³/mol. The Morgan fingerprint density at radius 1 is 1.40 bits per heavy atom. The second kappa shape index (κ2) is 4.98. The molecule has 0 aliphatic carbocycles. The van der Waals surface area contributed by atoms with Crippen LogP contribution in [0.4, 0.5) is 0 Å². The van der Waals surface area contributed by atoms with Crippen LogP contribution in [0.25, 0.3) is 0 Å². The van der Waals surface area contributed by atoms with Gasteiger partial charge in [-0.15, -0.1) is 0 Å². The summed E-state index contributed by atoms with van der Waals surface area (Å²) in [6.45, 7) is -0.150. The molecule has 0 bridgehead atoms. The van der Waals surface area contributed by atoms with E-state index < -0.39 is 21.6 Å². The summed E-state index contributed by atoms with van der Waals surface area (Å²) in [5.74, 6) is 0.319. The average Bonchev–Trinajstić information content (AvgIpc) is 1.81. The van der Waals surface area contributed by atoms with Gasteiger partial charge in [0.2, 0.25) is 0 Å². The van der Waals surface area contributed by atoms with Gasteiger partial charge in [0, 0.05) is 39.9 Å². The molecule has 3 unspecified atom stereocenters. The molecule has 0 rings (SSSR count). The summed E-state index contributed by atoms with van der Waals surface area (Å²) in [5.41, 5.74) is 0. The van der Waals surface area contributed by atoms with E-state index in [4.69, 9.17) is 5.11 Å². The van der Waals surface area contributed by atoms with Crippen LogP contribution >= 0.6 is 0 Å². The number of hydrogen-bond acceptors (Lipinski definition) is 3. The molecule has 0 aliphatic rings. The van der Waals surface area contributed by atoms with Gasteiger partial charge in [0.1, 0.15) is 0 Å². The predicted octanol–water partition coefficient (Wildman–Crippen LogP) is -0.896. The van der Waals surface area contributed by atoms with Crippen molar-refractivity contribution in [2.24, 2.45) is 0 Å². The second-order valence-corrected chi connectivity index (χ2v) is 5.19. The van der Waals surface area contributed by atoms with Gasteiger partial charge in [-0.05, 0) is 0 Å². The molecule has 0 aromatic carbocycles. The second-order valence-electron chi connectivity index (χ2n) is 2.04. The topological polar surface area (TPSA) is 54.4 Å². The number of aliphatic hydroxyl groups excluding tert-OH is 1. The summed E-state index contributed by atoms with van der Waals surface area (Å²) >= 11 is 0. The first-order valence-electron chi connectivity index (χ1n) is 2.81. The monoisotopic (exact) mass is 184 g/mol. The molecule has 0 amide bonds. The quantitative estimate of drug-likeness (QED) is 0.616. The van der Waals surface area contributed by atoms with Gasteiger partial charge in [0.05, 0.1) is 11.9 Å². The first-order chi connectivity index (χ1) is 4.57. The van der Waals surface area contributed by atoms with Gasteiger partial charge < -0.3 is 5.11 Å². The van der Waals surface area contributed by atoms with E-state index in [1.54, 1.807) is 0 Å². The fraction of sp³-hybridized carbons (Fsp3) is 1.00. The van der Waals surface area contributed by atoms with E-state index in [0.717, 1.165) is 0 Å². The standard InChI is InChI=1S/C5H12O3S2/c1-9(7)4-5(3-6)10(2)8/h5-6H,3-4H2,1-2H3. The van der Waals surface area contributed by atoms with E-state index in [9.17, 15) is 8.42 Å². The molecule has 0 spiro atoms. The Bertz CT molecular complexity index is 146. The van der Waals surface area contributed by atoms with Gasteiger partial charge in [-0.2, -0.15) is 0 Å². The normalized spacial score (nSPS) is 19.9. The van der Waals surface area contributed by atoms with Gasteiger partial charge in [-0.3, -0.25) is 8.42 Å². The van der Waals surface area contributed by atoms with Crippen LogP contribution < -0.4 is 0 Å². The summed E-state index contributed by atoms with van der Waals surface area (Å²) in [5, 5.41) is 8.29. The van der Waals surface area contributed by atoms with Crippen LogP contribution in [0.1, 0.15) is 0 Å². The lowest BCUT2D eigenvalue weighted by Crippen LogP contribution is -2.25. The highest BCUT2D eigenvalue weighted by atomic mass is 32.2. The van der Waals surface area contributed by atoms with Gasteiger partial charge in [0.25, 0.3) is 0 Å². The molecule has 1 N–H and O–H groups in total. The highest BCUT2D eigenvalue weighted by molar-refractivity contribution is 7.88. The van der Waals surface area contributed by atoms with Crippen molar-refractivity contribution in [3.05, 3.63) is 0 Å². The van der Waals surface area contributed by atoms with Crippen molar-refractivity contribution < 1.29 is 13.5 Å². The van der Waals surface area contributed by atoms with Crippen molar-refractivity contribution in [2.45, 2.75) is 5.25 Å². The molecule has 3 nitrogen and oxygen atoms in total. The molecule has 0 saturated carbocycles. The van der Waals surface area contributed by atoms with Crippen molar-refractivity contribution in [1.82, 2.24) is 0 Å². The van der Waals surface area contributed by atoms with Gasteiger partial charge in [0.15, 0.2) is 0 Å². The van der Waals surface area contributed by atoms with Crippen LogP contribution in [-0.2, 0) is 21.6 Å². The van der Waals surface area contributed by atoms with Crippen molar-refractivity contribution in [2.75, 3.05) is 24.9 Å². The molecule has 10 heavy (non-hydrogen) atoms. The fourth-order valence-corrected chi connectivity index (χ4v) is 2.70. The minimum atomic E-state index is -1.07. The van der Waals surface area contributed by atoms with Crippen LogP contribution in [0, 0.1) is 0 Å². The van der Waals surface area contributed by atoms with E-state index in [0.29, 0.717) is 5.75 Å². The van der Waals surface area contributed by atoms with Gasteiger partial charge in [-0.1, -0.05) is 0 Å². The Morgan fingerprint density at radius 2 is 1.90 bits per heavy atom. The van der Waals surface area contributed by atoms with Crippen molar-refractivity contribution >= 4 is 21.6 Å². The molecule has 0 saturated heterocycles. The Labute approximate surface area is 65.7 Å². The van der Waals surface area contributed by atoms with Gasteiger partial charge >= 0.3 is 0 Å². The molecular formula is C5H12O3S2. The van der Waals surface area contributed by atoms with Crippen molar-refractivity contribution in [1.29, 1.82) is 0 Å². The summed E-state index contributed by atoms with van der Waals surface area (Å²) in [4.78, 5) is 0. The molecule has 0 fully saturated rings. The van der Waals surface area contributed by atoms with Crippen LogP contribution in [0.5, 0.6) is 0 Å². The Morgan fingerprint density at radius 3 is 2.00 bits per heavy atom. The summed E-state index contributed by atoms with van der Waals surface area (Å²) in [6, 6.07) is 0. The Hall–Kier alpha value is 0.260. The molecular weight excluding hydrogens is 172 g/mol. The maximum atomic E-state index is 10.7. The average molecular weight is 184 g/mol. The molecule has 0 aromatic rings. The zero-order chi connectivity index (χ0) is 8.15. The number of hydrogen-bond donors (Lipinski definition) is 1. The molecule has 0 aliphatic heterocycles. The van der Waals surface area contributed by atoms with Crippen molar-refractivity contribution in [3.63, 3.8) is 0 Å². The fourth-order valence-electron chi connectivity index (χ4n) is 0.515. The lowest BCUT2D eigenvalue weighted by atomic mass is 10.5. The number of rotatable bonds is 4.